The number of carbonyl (C=O) groups excluding carboxylic acids is 1. The van der Waals surface area contributed by atoms with Crippen molar-refractivity contribution in [3.05, 3.63) is 28.8 Å². The van der Waals surface area contributed by atoms with Crippen molar-refractivity contribution in [2.24, 2.45) is 11.7 Å². The second kappa shape index (κ2) is 7.14. The quantitative estimate of drug-likeness (QED) is 0.879. The van der Waals surface area contributed by atoms with Crippen LogP contribution in [0.25, 0.3) is 0 Å². The fourth-order valence-electron chi connectivity index (χ4n) is 2.95. The van der Waals surface area contributed by atoms with Crippen LogP contribution in [0, 0.1) is 5.92 Å². The third-order valence-corrected chi connectivity index (χ3v) is 4.74. The van der Waals surface area contributed by atoms with Crippen LogP contribution < -0.4 is 11.1 Å². The third kappa shape index (κ3) is 4.11. The number of anilines is 1. The molecule has 116 valence electrons. The SMILES string of the molecule is CCN1CCC(C(C)Nc2ccc(Cl)c(C(N)=O)c2)CC1. The van der Waals surface area contributed by atoms with Crippen LogP contribution in [-0.2, 0) is 0 Å². The van der Waals surface area contributed by atoms with Crippen LogP contribution >= 0.6 is 11.6 Å². The fraction of sp³-hybridized carbons (Fsp3) is 0.562. The van der Waals surface area contributed by atoms with Crippen molar-refractivity contribution >= 4 is 23.2 Å². The maximum atomic E-state index is 11.3. The van der Waals surface area contributed by atoms with Crippen molar-refractivity contribution in [3.8, 4) is 0 Å². The lowest BCUT2D eigenvalue weighted by atomic mass is 9.90. The van der Waals surface area contributed by atoms with E-state index in [0.717, 1.165) is 12.2 Å². The predicted molar refractivity (Wildman–Crippen MR) is 87.9 cm³/mol. The molecule has 0 spiro atoms. The Hall–Kier alpha value is -1.26. The zero-order valence-electron chi connectivity index (χ0n) is 12.7. The molecule has 1 aromatic carbocycles. The molecule has 4 nitrogen and oxygen atoms in total. The number of benzene rings is 1. The number of rotatable bonds is 5. The molecule has 0 aromatic heterocycles. The Labute approximate surface area is 131 Å². The summed E-state index contributed by atoms with van der Waals surface area (Å²) in [5, 5.41) is 3.88. The van der Waals surface area contributed by atoms with Gasteiger partial charge >= 0.3 is 0 Å². The minimum absolute atomic E-state index is 0.367. The first-order valence-electron chi connectivity index (χ1n) is 7.59. The van der Waals surface area contributed by atoms with Gasteiger partial charge in [-0.1, -0.05) is 18.5 Å². The molecular formula is C16H24ClN3O. The summed E-state index contributed by atoms with van der Waals surface area (Å²) in [5.41, 5.74) is 6.60. The molecular weight excluding hydrogens is 286 g/mol. The number of nitrogens with one attached hydrogen (secondary N) is 1. The first-order valence-corrected chi connectivity index (χ1v) is 7.97. The van der Waals surface area contributed by atoms with E-state index < -0.39 is 5.91 Å². The Morgan fingerprint density at radius 2 is 2.14 bits per heavy atom. The molecule has 5 heteroatoms. The number of nitrogens with zero attached hydrogens (tertiary/aromatic N) is 1. The van der Waals surface area contributed by atoms with Gasteiger partial charge < -0.3 is 16.0 Å². The zero-order valence-corrected chi connectivity index (χ0v) is 13.5. The number of primary amides is 1. The molecule has 0 radical (unpaired) electrons. The maximum absolute atomic E-state index is 11.3. The molecule has 1 aromatic rings. The predicted octanol–water partition coefficient (Wildman–Crippen LogP) is 2.97. The molecule has 1 aliphatic heterocycles. The van der Waals surface area contributed by atoms with Gasteiger partial charge in [0.2, 0.25) is 5.91 Å². The van der Waals surface area contributed by atoms with E-state index in [1.807, 2.05) is 6.07 Å². The van der Waals surface area contributed by atoms with Crippen LogP contribution in [-0.4, -0.2) is 36.5 Å². The van der Waals surface area contributed by atoms with Crippen LogP contribution in [0.3, 0.4) is 0 Å². The summed E-state index contributed by atoms with van der Waals surface area (Å²) in [7, 11) is 0. The number of likely N-dealkylation sites (tertiary alicyclic amines) is 1. The van der Waals surface area contributed by atoms with E-state index in [2.05, 4.69) is 24.1 Å². The van der Waals surface area contributed by atoms with E-state index in [1.165, 1.54) is 25.9 Å². The van der Waals surface area contributed by atoms with Gasteiger partial charge in [-0.3, -0.25) is 4.79 Å². The molecule has 0 bridgehead atoms. The molecule has 1 amide bonds. The van der Waals surface area contributed by atoms with Crippen LogP contribution in [0.4, 0.5) is 5.69 Å². The van der Waals surface area contributed by atoms with E-state index in [4.69, 9.17) is 17.3 Å². The Morgan fingerprint density at radius 1 is 1.48 bits per heavy atom. The van der Waals surface area contributed by atoms with Gasteiger partial charge in [0.1, 0.15) is 0 Å². The Balaban J connectivity index is 1.98. The van der Waals surface area contributed by atoms with Crippen molar-refractivity contribution in [2.45, 2.75) is 32.7 Å². The summed E-state index contributed by atoms with van der Waals surface area (Å²) in [6.45, 7) is 7.88. The highest BCUT2D eigenvalue weighted by Gasteiger charge is 2.23. The standard InChI is InChI=1S/C16H24ClN3O/c1-3-20-8-6-12(7-9-20)11(2)19-13-4-5-15(17)14(10-13)16(18)21/h4-5,10-12,19H,3,6-9H2,1-2H3,(H2,18,21). The van der Waals surface area contributed by atoms with Gasteiger partial charge in [0, 0.05) is 11.7 Å². The molecule has 1 aliphatic rings. The monoisotopic (exact) mass is 309 g/mol. The summed E-state index contributed by atoms with van der Waals surface area (Å²) in [4.78, 5) is 13.8. The maximum Gasteiger partial charge on any atom is 0.250 e. The van der Waals surface area contributed by atoms with E-state index in [1.54, 1.807) is 12.1 Å². The highest BCUT2D eigenvalue weighted by atomic mass is 35.5. The summed E-state index contributed by atoms with van der Waals surface area (Å²) >= 11 is 5.97. The number of hydrogen-bond acceptors (Lipinski definition) is 3. The summed E-state index contributed by atoms with van der Waals surface area (Å²) in [6, 6.07) is 5.72. The summed E-state index contributed by atoms with van der Waals surface area (Å²) in [6.07, 6.45) is 2.41. The first-order chi connectivity index (χ1) is 10.0. The first kappa shape index (κ1) is 16.1. The minimum Gasteiger partial charge on any atom is -0.382 e. The zero-order chi connectivity index (χ0) is 15.4. The topological polar surface area (TPSA) is 58.4 Å². The molecule has 0 saturated carbocycles. The minimum atomic E-state index is -0.493. The highest BCUT2D eigenvalue weighted by Crippen LogP contribution is 2.25. The van der Waals surface area contributed by atoms with Crippen LogP contribution in [0.5, 0.6) is 0 Å². The van der Waals surface area contributed by atoms with E-state index in [0.29, 0.717) is 22.5 Å². The van der Waals surface area contributed by atoms with Gasteiger partial charge in [0.25, 0.3) is 0 Å². The van der Waals surface area contributed by atoms with Gasteiger partial charge in [-0.05, 0) is 63.5 Å². The molecule has 1 heterocycles. The average Bonchev–Trinajstić information content (AvgIpc) is 2.49. The largest absolute Gasteiger partial charge is 0.382 e. The van der Waals surface area contributed by atoms with Crippen LogP contribution in [0.1, 0.15) is 37.0 Å². The van der Waals surface area contributed by atoms with E-state index in [-0.39, 0.29) is 0 Å². The van der Waals surface area contributed by atoms with Gasteiger partial charge in [-0.15, -0.1) is 0 Å². The highest BCUT2D eigenvalue weighted by molar-refractivity contribution is 6.33. The Bertz CT molecular complexity index is 498. The molecule has 1 saturated heterocycles. The van der Waals surface area contributed by atoms with Crippen molar-refractivity contribution in [2.75, 3.05) is 25.0 Å². The number of halogens is 1. The number of piperidine rings is 1. The molecule has 1 unspecified atom stereocenters. The lowest BCUT2D eigenvalue weighted by Gasteiger charge is -2.35. The van der Waals surface area contributed by atoms with Gasteiger partial charge in [0.05, 0.1) is 10.6 Å². The smallest absolute Gasteiger partial charge is 0.250 e. The molecule has 3 N–H and O–H groups in total. The van der Waals surface area contributed by atoms with E-state index in [9.17, 15) is 4.79 Å². The molecule has 21 heavy (non-hydrogen) atoms. The molecule has 1 atom stereocenters. The van der Waals surface area contributed by atoms with E-state index >= 15 is 0 Å². The van der Waals surface area contributed by atoms with Gasteiger partial charge in [0.15, 0.2) is 0 Å². The molecule has 2 rings (SSSR count). The van der Waals surface area contributed by atoms with Gasteiger partial charge in [-0.2, -0.15) is 0 Å². The lowest BCUT2D eigenvalue weighted by Crippen LogP contribution is -2.39. The van der Waals surface area contributed by atoms with Gasteiger partial charge in [-0.25, -0.2) is 0 Å². The van der Waals surface area contributed by atoms with Crippen LogP contribution in [0.2, 0.25) is 5.02 Å². The van der Waals surface area contributed by atoms with Crippen molar-refractivity contribution in [1.29, 1.82) is 0 Å². The van der Waals surface area contributed by atoms with Crippen LogP contribution in [0.15, 0.2) is 18.2 Å². The summed E-state index contributed by atoms with van der Waals surface area (Å²) < 4.78 is 0. The number of carbonyl (C=O) groups is 1. The number of hydrogen-bond donors (Lipinski definition) is 2. The number of nitrogens with two attached hydrogens (primary N) is 1. The second-order valence-electron chi connectivity index (χ2n) is 5.76. The fourth-order valence-corrected chi connectivity index (χ4v) is 3.16. The molecule has 0 aliphatic carbocycles. The average molecular weight is 310 g/mol. The molecule has 1 fully saturated rings. The third-order valence-electron chi connectivity index (χ3n) is 4.41. The van der Waals surface area contributed by atoms with Crippen molar-refractivity contribution in [3.63, 3.8) is 0 Å². The summed E-state index contributed by atoms with van der Waals surface area (Å²) in [5.74, 6) is 0.160. The Morgan fingerprint density at radius 3 is 2.71 bits per heavy atom. The van der Waals surface area contributed by atoms with Crippen molar-refractivity contribution < 1.29 is 4.79 Å². The van der Waals surface area contributed by atoms with Crippen molar-refractivity contribution in [1.82, 2.24) is 4.90 Å². The normalized spacial score (nSPS) is 18.4. The number of amides is 1. The second-order valence-corrected chi connectivity index (χ2v) is 6.17. The Kier molecular flexibility index (Phi) is 5.48. The lowest BCUT2D eigenvalue weighted by molar-refractivity contribution is 0.100.